The molecule has 0 amide bonds. The minimum atomic E-state index is -0.129. The average molecular weight is 447 g/mol. The second-order valence-corrected chi connectivity index (χ2v) is 5.82. The van der Waals surface area contributed by atoms with Crippen molar-refractivity contribution in [3.63, 3.8) is 0 Å². The van der Waals surface area contributed by atoms with Crippen LogP contribution in [0.1, 0.15) is 26.3 Å². The molecule has 0 aromatic heterocycles. The SMILES string of the molecule is C=CCNC(=NCC(C)(C)c1ccc(OC)c(OC)c1)NCC.I. The first kappa shape index (κ1) is 22.6. The van der Waals surface area contributed by atoms with Crippen molar-refractivity contribution in [3.05, 3.63) is 36.4 Å². The normalized spacial score (nSPS) is 11.3. The van der Waals surface area contributed by atoms with Gasteiger partial charge in [0.05, 0.1) is 20.8 Å². The topological polar surface area (TPSA) is 54.9 Å². The lowest BCUT2D eigenvalue weighted by molar-refractivity contribution is 0.353. The highest BCUT2D eigenvalue weighted by atomic mass is 127. The maximum Gasteiger partial charge on any atom is 0.191 e. The van der Waals surface area contributed by atoms with Gasteiger partial charge >= 0.3 is 0 Å². The van der Waals surface area contributed by atoms with Crippen LogP contribution in [0.3, 0.4) is 0 Å². The Morgan fingerprint density at radius 2 is 1.88 bits per heavy atom. The van der Waals surface area contributed by atoms with Crippen LogP contribution in [0.15, 0.2) is 35.8 Å². The van der Waals surface area contributed by atoms with E-state index >= 15 is 0 Å². The number of ether oxygens (including phenoxy) is 2. The smallest absolute Gasteiger partial charge is 0.191 e. The Morgan fingerprint density at radius 3 is 2.42 bits per heavy atom. The number of benzene rings is 1. The minimum absolute atomic E-state index is 0. The maximum atomic E-state index is 5.39. The van der Waals surface area contributed by atoms with Crippen LogP contribution in [-0.4, -0.2) is 39.8 Å². The molecule has 0 aliphatic heterocycles. The van der Waals surface area contributed by atoms with Crippen LogP contribution in [0.5, 0.6) is 11.5 Å². The molecule has 0 fully saturated rings. The summed E-state index contributed by atoms with van der Waals surface area (Å²) in [6.45, 7) is 12.2. The quantitative estimate of drug-likeness (QED) is 0.278. The number of halogens is 1. The molecule has 5 nitrogen and oxygen atoms in total. The molecular weight excluding hydrogens is 417 g/mol. The zero-order valence-corrected chi connectivity index (χ0v) is 17.6. The highest BCUT2D eigenvalue weighted by Gasteiger charge is 2.22. The average Bonchev–Trinajstić information content (AvgIpc) is 2.56. The summed E-state index contributed by atoms with van der Waals surface area (Å²) in [7, 11) is 3.29. The zero-order valence-electron chi connectivity index (χ0n) is 15.3. The van der Waals surface area contributed by atoms with Crippen molar-refractivity contribution in [1.82, 2.24) is 10.6 Å². The van der Waals surface area contributed by atoms with Crippen LogP contribution in [0.25, 0.3) is 0 Å². The summed E-state index contributed by atoms with van der Waals surface area (Å²) in [6, 6.07) is 6.00. The van der Waals surface area contributed by atoms with E-state index in [0.717, 1.165) is 29.6 Å². The molecular formula is C18H30IN3O2. The molecule has 0 atom stereocenters. The number of hydrogen-bond donors (Lipinski definition) is 2. The monoisotopic (exact) mass is 447 g/mol. The Kier molecular flexibility index (Phi) is 10.5. The van der Waals surface area contributed by atoms with Gasteiger partial charge in [0, 0.05) is 18.5 Å². The molecule has 0 bridgehead atoms. The molecule has 6 heteroatoms. The number of methoxy groups -OCH3 is 2. The molecule has 1 aromatic carbocycles. The predicted octanol–water partition coefficient (Wildman–Crippen LogP) is 3.34. The standard InChI is InChI=1S/C18H29N3O2.HI/c1-7-11-20-17(19-8-2)21-13-18(3,4)14-9-10-15(22-5)16(12-14)23-6;/h7,9-10,12H,1,8,11,13H2,2-6H3,(H2,19,20,21);1H. The van der Waals surface area contributed by atoms with Crippen LogP contribution >= 0.6 is 24.0 Å². The van der Waals surface area contributed by atoms with Gasteiger partial charge < -0.3 is 20.1 Å². The molecule has 0 aliphatic rings. The minimum Gasteiger partial charge on any atom is -0.493 e. The van der Waals surface area contributed by atoms with Gasteiger partial charge in [0.2, 0.25) is 0 Å². The van der Waals surface area contributed by atoms with Gasteiger partial charge in [-0.25, -0.2) is 0 Å². The van der Waals surface area contributed by atoms with E-state index in [0.29, 0.717) is 13.1 Å². The van der Waals surface area contributed by atoms with Gasteiger partial charge in [-0.05, 0) is 24.6 Å². The van der Waals surface area contributed by atoms with Crippen molar-refractivity contribution < 1.29 is 9.47 Å². The van der Waals surface area contributed by atoms with Crippen LogP contribution < -0.4 is 20.1 Å². The molecule has 0 heterocycles. The Morgan fingerprint density at radius 1 is 1.21 bits per heavy atom. The summed E-state index contributed by atoms with van der Waals surface area (Å²) in [5.74, 6) is 2.26. The van der Waals surface area contributed by atoms with Gasteiger partial charge in [-0.1, -0.05) is 26.0 Å². The fourth-order valence-electron chi connectivity index (χ4n) is 2.14. The first-order valence-corrected chi connectivity index (χ1v) is 7.84. The molecule has 1 aromatic rings. The largest absolute Gasteiger partial charge is 0.493 e. The third kappa shape index (κ3) is 6.59. The molecule has 136 valence electrons. The summed E-state index contributed by atoms with van der Waals surface area (Å²) >= 11 is 0. The van der Waals surface area contributed by atoms with E-state index in [-0.39, 0.29) is 29.4 Å². The highest BCUT2D eigenvalue weighted by Crippen LogP contribution is 2.33. The van der Waals surface area contributed by atoms with E-state index in [9.17, 15) is 0 Å². The summed E-state index contributed by atoms with van der Waals surface area (Å²) < 4.78 is 10.7. The lowest BCUT2D eigenvalue weighted by Gasteiger charge is -2.25. The van der Waals surface area contributed by atoms with Crippen molar-refractivity contribution in [3.8, 4) is 11.5 Å². The molecule has 24 heavy (non-hydrogen) atoms. The molecule has 0 spiro atoms. The summed E-state index contributed by atoms with van der Waals surface area (Å²) in [6.07, 6.45) is 1.81. The third-order valence-electron chi connectivity index (χ3n) is 3.56. The molecule has 0 unspecified atom stereocenters. The van der Waals surface area contributed by atoms with Crippen molar-refractivity contribution in [2.75, 3.05) is 33.9 Å². The summed E-state index contributed by atoms with van der Waals surface area (Å²) in [5, 5.41) is 6.44. The Balaban J connectivity index is 0.00000529. The number of rotatable bonds is 8. The molecule has 2 N–H and O–H groups in total. The fourth-order valence-corrected chi connectivity index (χ4v) is 2.14. The van der Waals surface area contributed by atoms with Crippen molar-refractivity contribution in [2.45, 2.75) is 26.2 Å². The fraction of sp³-hybridized carbons (Fsp3) is 0.500. The van der Waals surface area contributed by atoms with Crippen LogP contribution in [0.2, 0.25) is 0 Å². The number of hydrogen-bond acceptors (Lipinski definition) is 3. The highest BCUT2D eigenvalue weighted by molar-refractivity contribution is 14.0. The first-order valence-electron chi connectivity index (χ1n) is 7.84. The number of aliphatic imine (C=N–C) groups is 1. The molecule has 0 radical (unpaired) electrons. The number of nitrogens with one attached hydrogen (secondary N) is 2. The Bertz CT molecular complexity index is 545. The van der Waals surface area contributed by atoms with E-state index in [1.165, 1.54) is 0 Å². The van der Waals surface area contributed by atoms with Crippen molar-refractivity contribution >= 4 is 29.9 Å². The third-order valence-corrected chi connectivity index (χ3v) is 3.56. The molecule has 0 saturated carbocycles. The molecule has 0 saturated heterocycles. The van der Waals surface area contributed by atoms with Gasteiger partial charge in [-0.2, -0.15) is 0 Å². The zero-order chi connectivity index (χ0) is 17.3. The van der Waals surface area contributed by atoms with Gasteiger partial charge in [-0.15, -0.1) is 30.6 Å². The van der Waals surface area contributed by atoms with E-state index in [2.05, 4.69) is 42.1 Å². The van der Waals surface area contributed by atoms with Crippen LogP contribution in [0.4, 0.5) is 0 Å². The maximum absolute atomic E-state index is 5.39. The van der Waals surface area contributed by atoms with Crippen molar-refractivity contribution in [2.24, 2.45) is 4.99 Å². The summed E-state index contributed by atoms with van der Waals surface area (Å²) in [4.78, 5) is 4.67. The first-order chi connectivity index (χ1) is 11.0. The van der Waals surface area contributed by atoms with Gasteiger partial charge in [0.1, 0.15) is 0 Å². The van der Waals surface area contributed by atoms with Gasteiger partial charge in [0.25, 0.3) is 0 Å². The second kappa shape index (κ2) is 11.2. The predicted molar refractivity (Wildman–Crippen MR) is 112 cm³/mol. The van der Waals surface area contributed by atoms with Crippen LogP contribution in [-0.2, 0) is 5.41 Å². The van der Waals surface area contributed by atoms with E-state index in [1.807, 2.05) is 25.1 Å². The molecule has 1 rings (SSSR count). The van der Waals surface area contributed by atoms with Crippen molar-refractivity contribution in [1.29, 1.82) is 0 Å². The van der Waals surface area contributed by atoms with E-state index in [4.69, 9.17) is 9.47 Å². The number of nitrogens with zero attached hydrogens (tertiary/aromatic N) is 1. The Labute approximate surface area is 162 Å². The van der Waals surface area contributed by atoms with Gasteiger partial charge in [-0.3, -0.25) is 4.99 Å². The molecule has 0 aliphatic carbocycles. The summed E-state index contributed by atoms with van der Waals surface area (Å²) in [5.41, 5.74) is 1.02. The number of guanidine groups is 1. The van der Waals surface area contributed by atoms with E-state index < -0.39 is 0 Å². The van der Waals surface area contributed by atoms with Gasteiger partial charge in [0.15, 0.2) is 17.5 Å². The van der Waals surface area contributed by atoms with Crippen LogP contribution in [0, 0.1) is 0 Å². The second-order valence-electron chi connectivity index (χ2n) is 5.82. The lowest BCUT2D eigenvalue weighted by Crippen LogP contribution is -2.38. The van der Waals surface area contributed by atoms with E-state index in [1.54, 1.807) is 14.2 Å². The lowest BCUT2D eigenvalue weighted by atomic mass is 9.84. The Hall–Kier alpha value is -1.44.